The summed E-state index contributed by atoms with van der Waals surface area (Å²) >= 11 is 1.49. The second kappa shape index (κ2) is 10.9. The minimum Gasteiger partial charge on any atom is -0.309 e. The number of hydrogen-bond acceptors (Lipinski definition) is 6. The fourth-order valence-electron chi connectivity index (χ4n) is 4.16. The molecule has 4 rings (SSSR count). The van der Waals surface area contributed by atoms with Gasteiger partial charge in [-0.15, -0.1) is 0 Å². The first kappa shape index (κ1) is 24.8. The van der Waals surface area contributed by atoms with Crippen LogP contribution in [0.25, 0.3) is 10.2 Å². The van der Waals surface area contributed by atoms with Gasteiger partial charge in [-0.3, -0.25) is 9.69 Å². The summed E-state index contributed by atoms with van der Waals surface area (Å²) < 4.78 is 28.8. The van der Waals surface area contributed by atoms with Crippen molar-refractivity contribution in [1.82, 2.24) is 14.2 Å². The van der Waals surface area contributed by atoms with Crippen LogP contribution in [0.5, 0.6) is 0 Å². The molecule has 1 saturated heterocycles. The fourth-order valence-corrected chi connectivity index (χ4v) is 6.67. The highest BCUT2D eigenvalue weighted by Crippen LogP contribution is 2.30. The van der Waals surface area contributed by atoms with E-state index < -0.39 is 10.0 Å². The number of anilines is 1. The molecule has 7 nitrogen and oxygen atoms in total. The zero-order chi connectivity index (χ0) is 24.1. The van der Waals surface area contributed by atoms with Gasteiger partial charge in [-0.2, -0.15) is 4.31 Å². The lowest BCUT2D eigenvalue weighted by molar-refractivity contribution is 0.0986. The van der Waals surface area contributed by atoms with Crippen LogP contribution >= 0.6 is 11.3 Å². The zero-order valence-corrected chi connectivity index (χ0v) is 21.4. The van der Waals surface area contributed by atoms with Crippen molar-refractivity contribution >= 4 is 42.6 Å². The third-order valence-corrected chi connectivity index (χ3v) is 9.02. The van der Waals surface area contributed by atoms with Gasteiger partial charge in [-0.25, -0.2) is 13.4 Å². The van der Waals surface area contributed by atoms with E-state index >= 15 is 0 Å². The maximum absolute atomic E-state index is 13.5. The summed E-state index contributed by atoms with van der Waals surface area (Å²) in [5, 5.41) is 0.659. The number of benzene rings is 2. The van der Waals surface area contributed by atoms with Crippen LogP contribution < -0.4 is 4.90 Å². The lowest BCUT2D eigenvalue weighted by atomic mass is 10.2. The van der Waals surface area contributed by atoms with E-state index in [4.69, 9.17) is 4.98 Å². The normalized spacial score (nSPS) is 15.5. The van der Waals surface area contributed by atoms with E-state index in [0.717, 1.165) is 48.9 Å². The van der Waals surface area contributed by atoms with Gasteiger partial charge >= 0.3 is 0 Å². The molecular formula is C25H32N4O3S2. The quantitative estimate of drug-likeness (QED) is 0.457. The molecule has 0 unspecified atom stereocenters. The highest BCUT2D eigenvalue weighted by atomic mass is 32.2. The SMILES string of the molecule is CN(C)CCCN(C(=O)c1ccc(S(=O)(=O)N2CCCCCC2)cc1)c1nc2ccccc2s1. The number of aromatic nitrogens is 1. The third-order valence-electron chi connectivity index (χ3n) is 6.05. The molecule has 0 N–H and O–H groups in total. The van der Waals surface area contributed by atoms with Gasteiger partial charge in [0.1, 0.15) is 0 Å². The zero-order valence-electron chi connectivity index (χ0n) is 19.8. The number of amides is 1. The Kier molecular flexibility index (Phi) is 7.98. The number of carbonyl (C=O) groups is 1. The first-order valence-electron chi connectivity index (χ1n) is 11.8. The van der Waals surface area contributed by atoms with Gasteiger partial charge in [0, 0.05) is 25.2 Å². The molecule has 9 heteroatoms. The van der Waals surface area contributed by atoms with Crippen LogP contribution in [0.3, 0.4) is 0 Å². The number of fused-ring (bicyclic) bond motifs is 1. The van der Waals surface area contributed by atoms with Crippen molar-refractivity contribution < 1.29 is 13.2 Å². The number of nitrogens with zero attached hydrogens (tertiary/aromatic N) is 4. The standard InChI is InChI=1S/C25H32N4O3S2/c1-27(2)16-9-19-29(25-26-22-10-5-6-11-23(22)33-25)24(30)20-12-14-21(15-13-20)34(31,32)28-17-7-3-4-8-18-28/h5-6,10-15H,3-4,7-9,16-19H2,1-2H3. The summed E-state index contributed by atoms with van der Waals surface area (Å²) in [6.45, 7) is 2.49. The molecule has 2 aromatic carbocycles. The average Bonchev–Trinajstić information content (AvgIpc) is 3.05. The number of thiazole rings is 1. The summed E-state index contributed by atoms with van der Waals surface area (Å²) in [6, 6.07) is 14.2. The van der Waals surface area contributed by atoms with Gasteiger partial charge in [-0.1, -0.05) is 36.3 Å². The van der Waals surface area contributed by atoms with E-state index in [9.17, 15) is 13.2 Å². The van der Waals surface area contributed by atoms with Crippen molar-refractivity contribution in [2.24, 2.45) is 0 Å². The van der Waals surface area contributed by atoms with Crippen molar-refractivity contribution in [2.75, 3.05) is 45.2 Å². The Bertz CT molecular complexity index is 1180. The second-order valence-electron chi connectivity index (χ2n) is 8.92. The predicted octanol–water partition coefficient (Wildman–Crippen LogP) is 4.46. The summed E-state index contributed by atoms with van der Waals surface area (Å²) in [4.78, 5) is 22.3. The lowest BCUT2D eigenvalue weighted by Crippen LogP contribution is -2.34. The summed E-state index contributed by atoms with van der Waals surface area (Å²) in [5.41, 5.74) is 1.32. The molecule has 1 fully saturated rings. The Morgan fingerprint density at radius 1 is 0.971 bits per heavy atom. The van der Waals surface area contributed by atoms with E-state index in [1.54, 1.807) is 33.5 Å². The van der Waals surface area contributed by atoms with E-state index in [0.29, 0.717) is 30.3 Å². The largest absolute Gasteiger partial charge is 0.309 e. The molecule has 1 aliphatic rings. The monoisotopic (exact) mass is 500 g/mol. The summed E-state index contributed by atoms with van der Waals surface area (Å²) in [7, 11) is 0.466. The van der Waals surface area contributed by atoms with Crippen LogP contribution in [-0.2, 0) is 10.0 Å². The molecule has 182 valence electrons. The maximum Gasteiger partial charge on any atom is 0.260 e. The second-order valence-corrected chi connectivity index (χ2v) is 11.9. The highest BCUT2D eigenvalue weighted by molar-refractivity contribution is 7.89. The van der Waals surface area contributed by atoms with Crippen LogP contribution in [0, 0.1) is 0 Å². The van der Waals surface area contributed by atoms with Gasteiger partial charge in [0.15, 0.2) is 5.13 Å². The maximum atomic E-state index is 13.5. The molecule has 0 aliphatic carbocycles. The number of rotatable bonds is 8. The van der Waals surface area contributed by atoms with Gasteiger partial charge in [0.2, 0.25) is 10.0 Å². The lowest BCUT2D eigenvalue weighted by Gasteiger charge is -2.22. The minimum absolute atomic E-state index is 0.170. The Morgan fingerprint density at radius 2 is 1.65 bits per heavy atom. The average molecular weight is 501 g/mol. The number of carbonyl (C=O) groups excluding carboxylic acids is 1. The first-order chi connectivity index (χ1) is 16.4. The van der Waals surface area contributed by atoms with Crippen LogP contribution in [0.2, 0.25) is 0 Å². The van der Waals surface area contributed by atoms with Crippen molar-refractivity contribution in [3.63, 3.8) is 0 Å². The predicted molar refractivity (Wildman–Crippen MR) is 138 cm³/mol. The van der Waals surface area contributed by atoms with Crippen molar-refractivity contribution in [2.45, 2.75) is 37.0 Å². The molecule has 0 radical (unpaired) electrons. The topological polar surface area (TPSA) is 73.8 Å². The number of sulfonamides is 1. The van der Waals surface area contributed by atoms with Gasteiger partial charge in [-0.05, 0) is 76.3 Å². The van der Waals surface area contributed by atoms with E-state index in [2.05, 4.69) is 4.90 Å². The molecule has 2 heterocycles. The van der Waals surface area contributed by atoms with Crippen molar-refractivity contribution in [3.05, 3.63) is 54.1 Å². The van der Waals surface area contributed by atoms with Crippen LogP contribution in [0.15, 0.2) is 53.4 Å². The molecule has 1 amide bonds. The molecule has 1 aliphatic heterocycles. The number of para-hydroxylation sites is 1. The number of hydrogen-bond donors (Lipinski definition) is 0. The van der Waals surface area contributed by atoms with Crippen molar-refractivity contribution in [3.8, 4) is 0 Å². The van der Waals surface area contributed by atoms with E-state index in [-0.39, 0.29) is 10.8 Å². The van der Waals surface area contributed by atoms with Crippen LogP contribution in [0.1, 0.15) is 42.5 Å². The Morgan fingerprint density at radius 3 is 2.29 bits per heavy atom. The van der Waals surface area contributed by atoms with Crippen LogP contribution in [0.4, 0.5) is 5.13 Å². The summed E-state index contributed by atoms with van der Waals surface area (Å²) in [6.07, 6.45) is 4.71. The Labute approximate surface area is 206 Å². The molecule has 0 bridgehead atoms. The minimum atomic E-state index is -3.55. The van der Waals surface area contributed by atoms with Gasteiger partial charge in [0.25, 0.3) is 5.91 Å². The van der Waals surface area contributed by atoms with Gasteiger partial charge < -0.3 is 4.90 Å². The van der Waals surface area contributed by atoms with E-state index in [1.165, 1.54) is 11.3 Å². The molecule has 0 atom stereocenters. The molecule has 0 spiro atoms. The molecule has 1 aromatic heterocycles. The summed E-state index contributed by atoms with van der Waals surface area (Å²) in [5.74, 6) is -0.170. The van der Waals surface area contributed by atoms with Crippen LogP contribution in [-0.4, -0.2) is 68.8 Å². The molecule has 34 heavy (non-hydrogen) atoms. The third kappa shape index (κ3) is 5.66. The Balaban J connectivity index is 1.58. The van der Waals surface area contributed by atoms with Gasteiger partial charge in [0.05, 0.1) is 15.1 Å². The Hall–Kier alpha value is -2.33. The fraction of sp³-hybridized carbons (Fsp3) is 0.440. The highest BCUT2D eigenvalue weighted by Gasteiger charge is 2.26. The van der Waals surface area contributed by atoms with E-state index in [1.807, 2.05) is 38.4 Å². The van der Waals surface area contributed by atoms with Crippen molar-refractivity contribution in [1.29, 1.82) is 0 Å². The first-order valence-corrected chi connectivity index (χ1v) is 14.0. The molecule has 3 aromatic rings. The molecular weight excluding hydrogens is 468 g/mol. The molecule has 0 saturated carbocycles. The smallest absolute Gasteiger partial charge is 0.260 e.